The van der Waals surface area contributed by atoms with Gasteiger partial charge in [0.15, 0.2) is 11.5 Å². The van der Waals surface area contributed by atoms with Gasteiger partial charge in [-0.3, -0.25) is 4.79 Å². The summed E-state index contributed by atoms with van der Waals surface area (Å²) in [5.41, 5.74) is 0.911. The van der Waals surface area contributed by atoms with Crippen molar-refractivity contribution < 1.29 is 9.84 Å². The number of aromatic nitrogens is 1. The maximum atomic E-state index is 12.0. The Bertz CT molecular complexity index is 858. The molecule has 2 aromatic rings. The van der Waals surface area contributed by atoms with E-state index in [1.807, 2.05) is 23.9 Å². The molecule has 0 unspecified atom stereocenters. The fourth-order valence-corrected chi connectivity index (χ4v) is 8.04. The second-order valence-corrected chi connectivity index (χ2v) is 9.28. The SMILES string of the molecule is COc1cccc([C@H]2c3sc(=O)[nH]c3S[C@H]3[C@@H]4CC[C@H](C4)[C@@H]23)c1O. The number of rotatable bonds is 2. The van der Waals surface area contributed by atoms with Gasteiger partial charge in [0.05, 0.1) is 12.1 Å². The van der Waals surface area contributed by atoms with Gasteiger partial charge in [0.25, 0.3) is 0 Å². The molecular formula is C18H19NO3S2. The predicted molar refractivity (Wildman–Crippen MR) is 95.4 cm³/mol. The van der Waals surface area contributed by atoms with E-state index in [1.165, 1.54) is 30.6 Å². The van der Waals surface area contributed by atoms with Crippen molar-refractivity contribution in [2.75, 3.05) is 7.11 Å². The van der Waals surface area contributed by atoms with Gasteiger partial charge in [-0.2, -0.15) is 0 Å². The number of ether oxygens (including phenoxy) is 1. The maximum Gasteiger partial charge on any atom is 0.305 e. The van der Waals surface area contributed by atoms with E-state index in [2.05, 4.69) is 4.98 Å². The Morgan fingerprint density at radius 3 is 2.96 bits per heavy atom. The first-order valence-electron chi connectivity index (χ1n) is 8.43. The molecule has 1 aromatic heterocycles. The number of H-pyrrole nitrogens is 1. The summed E-state index contributed by atoms with van der Waals surface area (Å²) in [6.07, 6.45) is 3.88. The van der Waals surface area contributed by atoms with Gasteiger partial charge in [-0.05, 0) is 43.1 Å². The summed E-state index contributed by atoms with van der Waals surface area (Å²) < 4.78 is 5.32. The minimum atomic E-state index is 0.00667. The Labute approximate surface area is 148 Å². The number of benzene rings is 1. The van der Waals surface area contributed by atoms with Crippen LogP contribution in [0.25, 0.3) is 0 Å². The molecule has 2 saturated carbocycles. The van der Waals surface area contributed by atoms with Gasteiger partial charge in [-0.25, -0.2) is 0 Å². The second-order valence-electron chi connectivity index (χ2n) is 7.08. The molecule has 2 aliphatic carbocycles. The van der Waals surface area contributed by atoms with E-state index in [9.17, 15) is 9.90 Å². The van der Waals surface area contributed by atoms with Crippen molar-refractivity contribution in [3.8, 4) is 11.5 Å². The van der Waals surface area contributed by atoms with Gasteiger partial charge in [0.1, 0.15) is 0 Å². The summed E-state index contributed by atoms with van der Waals surface area (Å²) in [6.45, 7) is 0. The Balaban J connectivity index is 1.71. The van der Waals surface area contributed by atoms with Crippen LogP contribution >= 0.6 is 23.1 Å². The quantitative estimate of drug-likeness (QED) is 0.854. The normalized spacial score (nSPS) is 33.3. The minimum Gasteiger partial charge on any atom is -0.504 e. The number of hydrogen-bond acceptors (Lipinski definition) is 5. The Kier molecular flexibility index (Phi) is 3.29. The smallest absolute Gasteiger partial charge is 0.305 e. The molecule has 5 rings (SSSR count). The van der Waals surface area contributed by atoms with Crippen molar-refractivity contribution in [3.05, 3.63) is 38.3 Å². The Morgan fingerprint density at radius 1 is 1.29 bits per heavy atom. The molecule has 126 valence electrons. The molecule has 0 amide bonds. The molecule has 2 N–H and O–H groups in total. The number of methoxy groups -OCH3 is 1. The van der Waals surface area contributed by atoms with Crippen LogP contribution in [0.3, 0.4) is 0 Å². The van der Waals surface area contributed by atoms with Crippen molar-refractivity contribution in [3.63, 3.8) is 0 Å². The van der Waals surface area contributed by atoms with Gasteiger partial charge in [0, 0.05) is 21.6 Å². The van der Waals surface area contributed by atoms with Crippen molar-refractivity contribution >= 4 is 23.1 Å². The highest BCUT2D eigenvalue weighted by Crippen LogP contribution is 2.64. The zero-order valence-corrected chi connectivity index (χ0v) is 15.0. The molecule has 2 bridgehead atoms. The molecule has 24 heavy (non-hydrogen) atoms. The second kappa shape index (κ2) is 5.30. The molecule has 0 spiro atoms. The van der Waals surface area contributed by atoms with Crippen LogP contribution in [0.1, 0.15) is 35.6 Å². The number of nitrogens with one attached hydrogen (secondary N) is 1. The average Bonchev–Trinajstić information content (AvgIpc) is 3.26. The molecule has 1 aliphatic heterocycles. The van der Waals surface area contributed by atoms with E-state index in [4.69, 9.17) is 4.74 Å². The number of fused-ring (bicyclic) bond motifs is 6. The number of aromatic hydroxyl groups is 1. The summed E-state index contributed by atoms with van der Waals surface area (Å²) in [7, 11) is 1.58. The number of para-hydroxylation sites is 1. The van der Waals surface area contributed by atoms with Crippen molar-refractivity contribution in [1.29, 1.82) is 0 Å². The van der Waals surface area contributed by atoms with Crippen molar-refractivity contribution in [2.24, 2.45) is 17.8 Å². The molecular weight excluding hydrogens is 342 g/mol. The van der Waals surface area contributed by atoms with E-state index < -0.39 is 0 Å². The van der Waals surface area contributed by atoms with E-state index >= 15 is 0 Å². The van der Waals surface area contributed by atoms with Gasteiger partial charge >= 0.3 is 4.87 Å². The highest BCUT2D eigenvalue weighted by atomic mass is 32.2. The highest BCUT2D eigenvalue weighted by Gasteiger charge is 2.55. The fraction of sp³-hybridized carbons (Fsp3) is 0.500. The van der Waals surface area contributed by atoms with Gasteiger partial charge in [-0.15, -0.1) is 11.8 Å². The minimum absolute atomic E-state index is 0.00667. The molecule has 6 heteroatoms. The maximum absolute atomic E-state index is 12.0. The summed E-state index contributed by atoms with van der Waals surface area (Å²) in [5.74, 6) is 2.79. The third-order valence-electron chi connectivity index (χ3n) is 6.05. The number of thiazole rings is 1. The van der Waals surface area contributed by atoms with Crippen molar-refractivity contribution in [1.82, 2.24) is 4.98 Å². The molecule has 4 nitrogen and oxygen atoms in total. The first kappa shape index (κ1) is 14.9. The van der Waals surface area contributed by atoms with Crippen LogP contribution in [-0.2, 0) is 0 Å². The molecule has 3 aliphatic rings. The zero-order valence-electron chi connectivity index (χ0n) is 13.3. The summed E-state index contributed by atoms with van der Waals surface area (Å²) in [4.78, 5) is 16.1. The number of phenolic OH excluding ortho intramolecular Hbond substituents is 1. The molecule has 2 fully saturated rings. The third-order valence-corrected chi connectivity index (χ3v) is 8.67. The van der Waals surface area contributed by atoms with Crippen LogP contribution in [0.15, 0.2) is 28.0 Å². The van der Waals surface area contributed by atoms with Crippen LogP contribution in [0, 0.1) is 17.8 Å². The number of hydrogen-bond donors (Lipinski definition) is 2. The Hall–Kier alpha value is -1.40. The summed E-state index contributed by atoms with van der Waals surface area (Å²) in [6, 6.07) is 5.72. The summed E-state index contributed by atoms with van der Waals surface area (Å²) in [5, 5.41) is 12.3. The summed E-state index contributed by atoms with van der Waals surface area (Å²) >= 11 is 3.18. The lowest BCUT2D eigenvalue weighted by molar-refractivity contribution is 0.300. The molecule has 1 aromatic carbocycles. The van der Waals surface area contributed by atoms with Crippen molar-refractivity contribution in [2.45, 2.75) is 35.5 Å². The topological polar surface area (TPSA) is 62.3 Å². The standard InChI is InChI=1S/C18H19NO3S2/c1-22-11-4-2-3-10(14(11)20)13-12-8-5-6-9(7-8)15(12)23-17-16(13)24-18(21)19-17/h2-4,8-9,12-13,15,20H,5-7H2,1H3,(H,19,21)/t8-,9-,12+,13-,15+/m1/s1. The third kappa shape index (κ3) is 1.96. The first-order chi connectivity index (χ1) is 11.7. The van der Waals surface area contributed by atoms with E-state index in [0.29, 0.717) is 22.8 Å². The number of thioether (sulfide) groups is 1. The number of aromatic amines is 1. The average molecular weight is 361 g/mol. The molecule has 2 heterocycles. The van der Waals surface area contributed by atoms with E-state index in [1.54, 1.807) is 13.2 Å². The number of phenols is 1. The largest absolute Gasteiger partial charge is 0.504 e. The van der Waals surface area contributed by atoms with Crippen LogP contribution in [0.4, 0.5) is 0 Å². The monoisotopic (exact) mass is 361 g/mol. The van der Waals surface area contributed by atoms with Crippen LogP contribution in [-0.4, -0.2) is 22.5 Å². The van der Waals surface area contributed by atoms with Gasteiger partial charge < -0.3 is 14.8 Å². The Morgan fingerprint density at radius 2 is 2.12 bits per heavy atom. The zero-order chi connectivity index (χ0) is 16.4. The molecule has 0 radical (unpaired) electrons. The van der Waals surface area contributed by atoms with E-state index in [-0.39, 0.29) is 16.5 Å². The molecule has 0 saturated heterocycles. The highest BCUT2D eigenvalue weighted by molar-refractivity contribution is 8.00. The van der Waals surface area contributed by atoms with Gasteiger partial charge in [0.2, 0.25) is 0 Å². The predicted octanol–water partition coefficient (Wildman–Crippen LogP) is 3.80. The fourth-order valence-electron chi connectivity index (χ4n) is 5.15. The lowest BCUT2D eigenvalue weighted by atomic mass is 9.74. The van der Waals surface area contributed by atoms with Crippen LogP contribution in [0.5, 0.6) is 11.5 Å². The lowest BCUT2D eigenvalue weighted by Gasteiger charge is -2.40. The first-order valence-corrected chi connectivity index (χ1v) is 10.1. The van der Waals surface area contributed by atoms with E-state index in [0.717, 1.165) is 21.4 Å². The molecule has 5 atom stereocenters. The lowest BCUT2D eigenvalue weighted by Crippen LogP contribution is -2.33. The van der Waals surface area contributed by atoms with Crippen LogP contribution in [0.2, 0.25) is 0 Å². The van der Waals surface area contributed by atoms with Crippen LogP contribution < -0.4 is 9.61 Å². The van der Waals surface area contributed by atoms with Gasteiger partial charge in [-0.1, -0.05) is 23.5 Å².